The summed E-state index contributed by atoms with van der Waals surface area (Å²) in [5.74, 6) is 2.58. The second-order valence-electron chi connectivity index (χ2n) is 11.8. The Morgan fingerprint density at radius 1 is 1.21 bits per heavy atom. The van der Waals surface area contributed by atoms with E-state index in [-0.39, 0.29) is 23.6 Å². The zero-order chi connectivity index (χ0) is 28.4. The first-order valence-corrected chi connectivity index (χ1v) is 14.9. The Bertz CT molecular complexity index is 956. The van der Waals surface area contributed by atoms with Gasteiger partial charge in [-0.2, -0.15) is 0 Å². The molecule has 39 heavy (non-hydrogen) atoms. The third kappa shape index (κ3) is 6.58. The Kier molecular flexibility index (Phi) is 9.89. The standard InChI is InChI=1S/C28H42N2O8S/c1-5-18-8-6-7-15(4)19(25-22(32)21(31)23(33)27(38-25)39-18)29-26(34)20-24-17(13-30(20)28(35)36)12-16(9-10-37-24)11-14(2)3/h1,6-7,14-25,27,31-33H,8-13H2,2-4H3,(H,29,34)(H,35,36)/b7-6-/t15-,16+,17+,18-,19-,20+,21+,22-,23-,24-,25-,27-/m1/s1. The van der Waals surface area contributed by atoms with Crippen molar-refractivity contribution in [3.63, 3.8) is 0 Å². The molecule has 3 saturated heterocycles. The van der Waals surface area contributed by atoms with E-state index in [0.717, 1.165) is 24.2 Å². The lowest BCUT2D eigenvalue weighted by atomic mass is 9.85. The summed E-state index contributed by atoms with van der Waals surface area (Å²) in [7, 11) is 0. The van der Waals surface area contributed by atoms with Crippen molar-refractivity contribution in [2.24, 2.45) is 23.7 Å². The van der Waals surface area contributed by atoms with Gasteiger partial charge in [-0.3, -0.25) is 9.69 Å². The van der Waals surface area contributed by atoms with Gasteiger partial charge in [-0.1, -0.05) is 38.8 Å². The van der Waals surface area contributed by atoms with E-state index >= 15 is 0 Å². The number of aliphatic hydroxyl groups excluding tert-OH is 3. The van der Waals surface area contributed by atoms with Crippen LogP contribution in [-0.4, -0.2) is 104 Å². The Labute approximate surface area is 234 Å². The molecule has 0 aromatic rings. The number of carbonyl (C=O) groups is 2. The van der Waals surface area contributed by atoms with Crippen molar-refractivity contribution in [2.75, 3.05) is 13.2 Å². The van der Waals surface area contributed by atoms with Gasteiger partial charge in [0.2, 0.25) is 5.91 Å². The lowest BCUT2D eigenvalue weighted by Gasteiger charge is -2.45. The van der Waals surface area contributed by atoms with E-state index < -0.39 is 60.0 Å². The predicted octanol–water partition coefficient (Wildman–Crippen LogP) is 1.43. The lowest BCUT2D eigenvalue weighted by molar-refractivity contribution is -0.207. The summed E-state index contributed by atoms with van der Waals surface area (Å²) in [6, 6.07) is -1.87. The summed E-state index contributed by atoms with van der Waals surface area (Å²) in [6.07, 6.45) is 5.40. The number of fused-ring (bicyclic) bond motifs is 3. The highest BCUT2D eigenvalue weighted by atomic mass is 32.2. The van der Waals surface area contributed by atoms with Crippen LogP contribution in [0.4, 0.5) is 4.79 Å². The lowest BCUT2D eigenvalue weighted by Crippen LogP contribution is -2.65. The maximum Gasteiger partial charge on any atom is 0.408 e. The van der Waals surface area contributed by atoms with Crippen molar-refractivity contribution < 1.29 is 39.5 Å². The maximum atomic E-state index is 13.9. The molecule has 2 bridgehead atoms. The molecule has 10 nitrogen and oxygen atoms in total. The van der Waals surface area contributed by atoms with Crippen LogP contribution in [0.3, 0.4) is 0 Å². The van der Waals surface area contributed by atoms with Gasteiger partial charge in [0.05, 0.1) is 17.4 Å². The van der Waals surface area contributed by atoms with Gasteiger partial charge in [0, 0.05) is 19.1 Å². The van der Waals surface area contributed by atoms with Crippen LogP contribution in [0.2, 0.25) is 0 Å². The van der Waals surface area contributed by atoms with E-state index in [9.17, 15) is 30.0 Å². The first-order chi connectivity index (χ1) is 18.5. The molecular formula is C28H42N2O8S. The molecule has 0 aromatic heterocycles. The molecule has 0 spiro atoms. The molecule has 0 radical (unpaired) electrons. The molecule has 0 unspecified atom stereocenters. The summed E-state index contributed by atoms with van der Waals surface area (Å²) in [5, 5.41) is 44.8. The molecule has 0 saturated carbocycles. The van der Waals surface area contributed by atoms with E-state index in [1.165, 1.54) is 11.8 Å². The molecule has 0 aliphatic carbocycles. The number of ether oxygens (including phenoxy) is 2. The minimum atomic E-state index is -1.51. The largest absolute Gasteiger partial charge is 0.465 e. The minimum Gasteiger partial charge on any atom is -0.465 e. The molecule has 4 aliphatic rings. The van der Waals surface area contributed by atoms with Crippen LogP contribution in [0, 0.1) is 36.0 Å². The second-order valence-corrected chi connectivity index (χ2v) is 13.1. The fraction of sp³-hybridized carbons (Fsp3) is 0.786. The van der Waals surface area contributed by atoms with Gasteiger partial charge in [-0.25, -0.2) is 4.79 Å². The van der Waals surface area contributed by atoms with E-state index in [0.29, 0.717) is 24.9 Å². The molecule has 11 heteroatoms. The van der Waals surface area contributed by atoms with Crippen LogP contribution in [0.15, 0.2) is 12.2 Å². The predicted molar refractivity (Wildman–Crippen MR) is 146 cm³/mol. The summed E-state index contributed by atoms with van der Waals surface area (Å²) >= 11 is 1.18. The van der Waals surface area contributed by atoms with Crippen molar-refractivity contribution in [2.45, 2.75) is 99.7 Å². The van der Waals surface area contributed by atoms with E-state index in [1.807, 2.05) is 19.1 Å². The highest BCUT2D eigenvalue weighted by Crippen LogP contribution is 2.39. The van der Waals surface area contributed by atoms with Gasteiger partial charge in [0.15, 0.2) is 0 Å². The van der Waals surface area contributed by atoms with E-state index in [1.54, 1.807) is 0 Å². The van der Waals surface area contributed by atoms with Crippen LogP contribution in [0.1, 0.15) is 46.5 Å². The molecule has 0 aromatic carbocycles. The zero-order valence-corrected chi connectivity index (χ0v) is 23.6. The number of nitrogens with zero attached hydrogens (tertiary/aromatic N) is 1. The summed E-state index contributed by atoms with van der Waals surface area (Å²) in [4.78, 5) is 27.3. The zero-order valence-electron chi connectivity index (χ0n) is 22.8. The number of rotatable bonds is 4. The van der Waals surface area contributed by atoms with Gasteiger partial charge in [-0.15, -0.1) is 18.2 Å². The van der Waals surface area contributed by atoms with Gasteiger partial charge >= 0.3 is 6.09 Å². The van der Waals surface area contributed by atoms with Crippen LogP contribution >= 0.6 is 11.8 Å². The van der Waals surface area contributed by atoms with Gasteiger partial charge in [-0.05, 0) is 43.4 Å². The third-order valence-electron chi connectivity index (χ3n) is 8.44. The van der Waals surface area contributed by atoms with Crippen LogP contribution in [0.25, 0.3) is 0 Å². The molecule has 218 valence electrons. The molecule has 5 N–H and O–H groups in total. The first kappa shape index (κ1) is 30.2. The molecule has 4 aliphatic heterocycles. The van der Waals surface area contributed by atoms with E-state index in [4.69, 9.17) is 15.9 Å². The SMILES string of the molecule is C#C[C@@H]1C/C=C\[C@@H](C)[C@@H](NC(=O)[C@@H]2[C@@H]3OCC[C@@H](CC(C)C)C[C@H]3CN2C(=O)O)[C@H]2O[C@H](S1)[C@H](O)[C@@H](O)[C@H]2O. The molecule has 4 rings (SSSR count). The van der Waals surface area contributed by atoms with E-state index in [2.05, 4.69) is 25.1 Å². The summed E-state index contributed by atoms with van der Waals surface area (Å²) in [5.41, 5.74) is -0.915. The average molecular weight is 567 g/mol. The number of nitrogens with one attached hydrogen (secondary N) is 1. The van der Waals surface area contributed by atoms with Gasteiger partial charge in [0.25, 0.3) is 0 Å². The van der Waals surface area contributed by atoms with Crippen molar-refractivity contribution in [1.29, 1.82) is 0 Å². The highest BCUT2D eigenvalue weighted by molar-refractivity contribution is 8.00. The van der Waals surface area contributed by atoms with Gasteiger partial charge < -0.3 is 35.2 Å². The Balaban J connectivity index is 1.59. The van der Waals surface area contributed by atoms with Crippen molar-refractivity contribution in [1.82, 2.24) is 10.2 Å². The number of terminal acetylenes is 1. The van der Waals surface area contributed by atoms with Crippen molar-refractivity contribution in [3.05, 3.63) is 12.2 Å². The summed E-state index contributed by atoms with van der Waals surface area (Å²) in [6.45, 7) is 6.85. The summed E-state index contributed by atoms with van der Waals surface area (Å²) < 4.78 is 12.2. The van der Waals surface area contributed by atoms with Gasteiger partial charge in [0.1, 0.15) is 35.9 Å². The number of likely N-dealkylation sites (tertiary alicyclic amines) is 1. The third-order valence-corrected chi connectivity index (χ3v) is 9.76. The highest BCUT2D eigenvalue weighted by Gasteiger charge is 2.53. The normalized spacial score (nSPS) is 43.6. The minimum absolute atomic E-state index is 0.0977. The Morgan fingerprint density at radius 2 is 1.95 bits per heavy atom. The number of carboxylic acid groups (broad SMARTS) is 1. The fourth-order valence-electron chi connectivity index (χ4n) is 6.53. The van der Waals surface area contributed by atoms with Crippen molar-refractivity contribution >= 4 is 23.8 Å². The smallest absolute Gasteiger partial charge is 0.408 e. The fourth-order valence-corrected chi connectivity index (χ4v) is 7.67. The quantitative estimate of drug-likeness (QED) is 0.252. The topological polar surface area (TPSA) is 149 Å². The van der Waals surface area contributed by atoms with Crippen LogP contribution < -0.4 is 5.32 Å². The maximum absolute atomic E-state index is 13.9. The number of hydrogen-bond donors (Lipinski definition) is 5. The van der Waals surface area contributed by atoms with Crippen molar-refractivity contribution in [3.8, 4) is 12.3 Å². The Morgan fingerprint density at radius 3 is 2.62 bits per heavy atom. The molecule has 12 atom stereocenters. The van der Waals surface area contributed by atoms with Crippen LogP contribution in [0.5, 0.6) is 0 Å². The second kappa shape index (κ2) is 12.8. The Hall–Kier alpha value is -1.81. The molecular weight excluding hydrogens is 524 g/mol. The number of hydrogen-bond acceptors (Lipinski definition) is 8. The number of allylic oxidation sites excluding steroid dienone is 1. The average Bonchev–Trinajstić information content (AvgIpc) is 3.13. The van der Waals surface area contributed by atoms with Crippen LogP contribution in [-0.2, 0) is 14.3 Å². The number of carbonyl (C=O) groups excluding carboxylic acids is 1. The molecule has 3 fully saturated rings. The number of amides is 2. The number of aliphatic hydroxyl groups is 3. The first-order valence-electron chi connectivity index (χ1n) is 13.9. The monoisotopic (exact) mass is 566 g/mol. The molecule has 2 amide bonds. The number of thioether (sulfide) groups is 1. The molecule has 4 heterocycles.